The first-order valence-electron chi connectivity index (χ1n) is 10.6. The van der Waals surface area contributed by atoms with Crippen LogP contribution in [0.2, 0.25) is 0 Å². The van der Waals surface area contributed by atoms with E-state index in [1.54, 1.807) is 14.2 Å². The number of aromatic nitrogens is 2. The molecule has 0 spiro atoms. The standard InChI is InChI=1S/C24H27N5O3/c1-31-18-10-11-19(22(13-18)32-2)21-14-23(27-15-26-21)28-16-6-8-17(9-7-16)29-24(30)20-5-3-4-12-25-20/h6-11,13-15,20,25H,3-5,12H2,1-2H3,(H,29,30)(H,26,27,28)/t20-/m0/s1. The largest absolute Gasteiger partial charge is 0.497 e. The third-order valence-electron chi connectivity index (χ3n) is 5.40. The van der Waals surface area contributed by atoms with Crippen molar-refractivity contribution in [1.29, 1.82) is 0 Å². The van der Waals surface area contributed by atoms with E-state index in [4.69, 9.17) is 9.47 Å². The number of piperidine rings is 1. The number of carbonyl (C=O) groups is 1. The molecule has 1 amide bonds. The van der Waals surface area contributed by atoms with E-state index in [2.05, 4.69) is 25.9 Å². The molecule has 4 rings (SSSR count). The van der Waals surface area contributed by atoms with E-state index in [1.807, 2.05) is 48.5 Å². The van der Waals surface area contributed by atoms with Crippen LogP contribution >= 0.6 is 0 Å². The molecule has 0 radical (unpaired) electrons. The first-order valence-corrected chi connectivity index (χ1v) is 10.6. The third-order valence-corrected chi connectivity index (χ3v) is 5.40. The summed E-state index contributed by atoms with van der Waals surface area (Å²) in [6.07, 6.45) is 4.59. The van der Waals surface area contributed by atoms with Gasteiger partial charge < -0.3 is 25.4 Å². The SMILES string of the molecule is COc1ccc(-c2cc(Nc3ccc(NC(=O)[C@@H]4CCCCN4)cc3)ncn2)c(OC)c1. The van der Waals surface area contributed by atoms with Gasteiger partial charge in [-0.05, 0) is 55.8 Å². The summed E-state index contributed by atoms with van der Waals surface area (Å²) in [5.41, 5.74) is 3.18. The van der Waals surface area contributed by atoms with Gasteiger partial charge in [0.25, 0.3) is 0 Å². The summed E-state index contributed by atoms with van der Waals surface area (Å²) in [4.78, 5) is 21.1. The summed E-state index contributed by atoms with van der Waals surface area (Å²) in [7, 11) is 3.23. The van der Waals surface area contributed by atoms with Gasteiger partial charge in [-0.3, -0.25) is 4.79 Å². The fourth-order valence-corrected chi connectivity index (χ4v) is 3.67. The van der Waals surface area contributed by atoms with E-state index in [1.165, 1.54) is 6.33 Å². The van der Waals surface area contributed by atoms with Crippen molar-refractivity contribution in [2.75, 3.05) is 31.4 Å². The molecule has 2 aromatic carbocycles. The van der Waals surface area contributed by atoms with Crippen molar-refractivity contribution in [2.24, 2.45) is 0 Å². The lowest BCUT2D eigenvalue weighted by Gasteiger charge is -2.22. The molecule has 3 aromatic rings. The minimum absolute atomic E-state index is 0.0132. The number of nitrogens with zero attached hydrogens (tertiary/aromatic N) is 2. The van der Waals surface area contributed by atoms with E-state index >= 15 is 0 Å². The summed E-state index contributed by atoms with van der Waals surface area (Å²) in [6.45, 7) is 0.893. The molecule has 32 heavy (non-hydrogen) atoms. The molecule has 1 aromatic heterocycles. The maximum absolute atomic E-state index is 12.4. The Labute approximate surface area is 187 Å². The van der Waals surface area contributed by atoms with Crippen LogP contribution in [0.4, 0.5) is 17.2 Å². The highest BCUT2D eigenvalue weighted by Gasteiger charge is 2.20. The zero-order valence-corrected chi connectivity index (χ0v) is 18.2. The first-order chi connectivity index (χ1) is 15.7. The van der Waals surface area contributed by atoms with Gasteiger partial charge in [-0.25, -0.2) is 9.97 Å². The predicted molar refractivity (Wildman–Crippen MR) is 125 cm³/mol. The molecule has 0 bridgehead atoms. The highest BCUT2D eigenvalue weighted by Crippen LogP contribution is 2.33. The molecule has 0 unspecified atom stereocenters. The number of ether oxygens (including phenoxy) is 2. The predicted octanol–water partition coefficient (Wildman–Crippen LogP) is 3.99. The van der Waals surface area contributed by atoms with Crippen LogP contribution < -0.4 is 25.4 Å². The van der Waals surface area contributed by atoms with Crippen LogP contribution in [0.3, 0.4) is 0 Å². The number of nitrogens with one attached hydrogen (secondary N) is 3. The van der Waals surface area contributed by atoms with Crippen LogP contribution in [0.5, 0.6) is 11.5 Å². The minimum Gasteiger partial charge on any atom is -0.497 e. The van der Waals surface area contributed by atoms with Crippen molar-refractivity contribution in [3.8, 4) is 22.8 Å². The molecular formula is C24H27N5O3. The van der Waals surface area contributed by atoms with Gasteiger partial charge in [-0.1, -0.05) is 6.42 Å². The van der Waals surface area contributed by atoms with Crippen molar-refractivity contribution < 1.29 is 14.3 Å². The van der Waals surface area contributed by atoms with Gasteiger partial charge in [0.05, 0.1) is 26.0 Å². The molecule has 3 N–H and O–H groups in total. The van der Waals surface area contributed by atoms with E-state index in [9.17, 15) is 4.79 Å². The van der Waals surface area contributed by atoms with E-state index < -0.39 is 0 Å². The zero-order valence-electron chi connectivity index (χ0n) is 18.2. The van der Waals surface area contributed by atoms with Gasteiger partial charge in [-0.2, -0.15) is 0 Å². The van der Waals surface area contributed by atoms with Crippen LogP contribution in [-0.4, -0.2) is 42.7 Å². The van der Waals surface area contributed by atoms with E-state index in [0.717, 1.165) is 48.4 Å². The monoisotopic (exact) mass is 433 g/mol. The molecule has 1 aliphatic heterocycles. The van der Waals surface area contributed by atoms with Gasteiger partial charge in [0.1, 0.15) is 23.6 Å². The summed E-state index contributed by atoms with van der Waals surface area (Å²) in [5, 5.41) is 9.51. The molecule has 1 fully saturated rings. The van der Waals surface area contributed by atoms with Crippen molar-refractivity contribution >= 4 is 23.1 Å². The molecule has 1 saturated heterocycles. The Bertz CT molecular complexity index is 1070. The number of carbonyl (C=O) groups excluding carboxylic acids is 1. The lowest BCUT2D eigenvalue weighted by molar-refractivity contribution is -0.118. The second-order valence-electron chi connectivity index (χ2n) is 7.55. The summed E-state index contributed by atoms with van der Waals surface area (Å²) in [6, 6.07) is 14.9. The second-order valence-corrected chi connectivity index (χ2v) is 7.55. The van der Waals surface area contributed by atoms with Gasteiger partial charge in [0.2, 0.25) is 5.91 Å². The second kappa shape index (κ2) is 10.1. The fraction of sp³-hybridized carbons (Fsp3) is 0.292. The Morgan fingerprint density at radius 2 is 1.81 bits per heavy atom. The van der Waals surface area contributed by atoms with Crippen LogP contribution in [0, 0.1) is 0 Å². The Kier molecular flexibility index (Phi) is 6.81. The average molecular weight is 434 g/mol. The molecule has 0 saturated carbocycles. The number of amides is 1. The molecule has 8 heteroatoms. The minimum atomic E-state index is -0.115. The maximum Gasteiger partial charge on any atom is 0.241 e. The number of rotatable bonds is 7. The molecule has 1 atom stereocenters. The smallest absolute Gasteiger partial charge is 0.241 e. The number of hydrogen-bond acceptors (Lipinski definition) is 7. The number of benzene rings is 2. The lowest BCUT2D eigenvalue weighted by Crippen LogP contribution is -2.43. The van der Waals surface area contributed by atoms with Crippen LogP contribution in [-0.2, 0) is 4.79 Å². The van der Waals surface area contributed by atoms with Crippen LogP contribution in [0.1, 0.15) is 19.3 Å². The van der Waals surface area contributed by atoms with E-state index in [-0.39, 0.29) is 11.9 Å². The third kappa shape index (κ3) is 5.15. The summed E-state index contributed by atoms with van der Waals surface area (Å²) >= 11 is 0. The van der Waals surface area contributed by atoms with E-state index in [0.29, 0.717) is 17.3 Å². The summed E-state index contributed by atoms with van der Waals surface area (Å²) < 4.78 is 10.8. The molecular weight excluding hydrogens is 406 g/mol. The highest BCUT2D eigenvalue weighted by atomic mass is 16.5. The topological polar surface area (TPSA) is 97.4 Å². The Balaban J connectivity index is 1.44. The molecule has 0 aliphatic carbocycles. The Morgan fingerprint density at radius 3 is 2.53 bits per heavy atom. The lowest BCUT2D eigenvalue weighted by atomic mass is 10.0. The zero-order chi connectivity index (χ0) is 22.3. The van der Waals surface area contributed by atoms with Crippen molar-refractivity contribution in [2.45, 2.75) is 25.3 Å². The Morgan fingerprint density at radius 1 is 1.00 bits per heavy atom. The average Bonchev–Trinajstić information content (AvgIpc) is 2.85. The highest BCUT2D eigenvalue weighted by molar-refractivity contribution is 5.95. The molecule has 8 nitrogen and oxygen atoms in total. The van der Waals surface area contributed by atoms with Gasteiger partial charge in [-0.15, -0.1) is 0 Å². The quantitative estimate of drug-likeness (QED) is 0.518. The van der Waals surface area contributed by atoms with Crippen LogP contribution in [0.15, 0.2) is 54.9 Å². The molecule has 1 aliphatic rings. The van der Waals surface area contributed by atoms with Gasteiger partial charge in [0, 0.05) is 29.1 Å². The number of hydrogen-bond donors (Lipinski definition) is 3. The van der Waals surface area contributed by atoms with Gasteiger partial charge in [0.15, 0.2) is 0 Å². The molecule has 166 valence electrons. The van der Waals surface area contributed by atoms with Crippen LogP contribution in [0.25, 0.3) is 11.3 Å². The summed E-state index contributed by atoms with van der Waals surface area (Å²) in [5.74, 6) is 2.04. The normalized spacial score (nSPS) is 15.6. The maximum atomic E-state index is 12.4. The number of anilines is 3. The Hall–Kier alpha value is -3.65. The van der Waals surface area contributed by atoms with Gasteiger partial charge >= 0.3 is 0 Å². The fourth-order valence-electron chi connectivity index (χ4n) is 3.67. The number of methoxy groups -OCH3 is 2. The van der Waals surface area contributed by atoms with Crippen molar-refractivity contribution in [3.05, 3.63) is 54.9 Å². The van der Waals surface area contributed by atoms with Crippen molar-refractivity contribution in [1.82, 2.24) is 15.3 Å². The van der Waals surface area contributed by atoms with Crippen molar-refractivity contribution in [3.63, 3.8) is 0 Å². The first kappa shape index (κ1) is 21.6. The molecule has 2 heterocycles.